The third kappa shape index (κ3) is 3.43. The van der Waals surface area contributed by atoms with Crippen LogP contribution in [-0.2, 0) is 13.0 Å². The number of nitrogen functional groups attached to an aromatic ring is 1. The molecule has 0 spiro atoms. The molecule has 0 saturated carbocycles. The number of hydrogen-bond acceptors (Lipinski definition) is 7. The van der Waals surface area contributed by atoms with E-state index >= 15 is 0 Å². The summed E-state index contributed by atoms with van der Waals surface area (Å²) in [4.78, 5) is 16.9. The lowest BCUT2D eigenvalue weighted by Crippen LogP contribution is -2.10. The summed E-state index contributed by atoms with van der Waals surface area (Å²) in [5.41, 5.74) is 2.26. The molecule has 0 aliphatic rings. The second-order valence-corrected chi connectivity index (χ2v) is 5.33. The van der Waals surface area contributed by atoms with Gasteiger partial charge in [0.2, 0.25) is 0 Å². The highest BCUT2D eigenvalue weighted by atomic mass is 32.1. The summed E-state index contributed by atoms with van der Waals surface area (Å²) in [6.07, 6.45) is 1.00. The molecule has 0 fully saturated rings. The van der Waals surface area contributed by atoms with Crippen LogP contribution in [0.1, 0.15) is 16.7 Å². The number of hydrazine groups is 1. The first-order valence-electron chi connectivity index (χ1n) is 6.07. The molecular weight excluding hydrogens is 278 g/mol. The van der Waals surface area contributed by atoms with Gasteiger partial charge in [0.25, 0.3) is 5.69 Å². The highest BCUT2D eigenvalue weighted by Gasteiger charge is 2.10. The van der Waals surface area contributed by atoms with E-state index in [1.54, 1.807) is 11.3 Å². The summed E-state index contributed by atoms with van der Waals surface area (Å²) < 4.78 is 0. The average molecular weight is 293 g/mol. The van der Waals surface area contributed by atoms with Crippen molar-refractivity contribution in [3.63, 3.8) is 0 Å². The Balaban J connectivity index is 2.12. The van der Waals surface area contributed by atoms with Gasteiger partial charge >= 0.3 is 0 Å². The van der Waals surface area contributed by atoms with E-state index in [9.17, 15) is 10.1 Å². The lowest BCUT2D eigenvalue weighted by atomic mass is 10.3. The molecule has 4 N–H and O–H groups in total. The van der Waals surface area contributed by atoms with Gasteiger partial charge < -0.3 is 10.7 Å². The van der Waals surface area contributed by atoms with Gasteiger partial charge in [-0.25, -0.2) is 10.8 Å². The zero-order chi connectivity index (χ0) is 14.5. The van der Waals surface area contributed by atoms with Crippen molar-refractivity contribution in [1.82, 2.24) is 4.98 Å². The van der Waals surface area contributed by atoms with E-state index in [0.29, 0.717) is 12.4 Å². The van der Waals surface area contributed by atoms with E-state index in [-0.39, 0.29) is 11.5 Å². The summed E-state index contributed by atoms with van der Waals surface area (Å²) in [5, 5.41) is 13.9. The molecule has 8 heteroatoms. The Morgan fingerprint density at radius 2 is 2.05 bits per heavy atom. The number of thiophene rings is 1. The van der Waals surface area contributed by atoms with E-state index in [2.05, 4.69) is 28.7 Å². The quantitative estimate of drug-likeness (QED) is 0.429. The maximum absolute atomic E-state index is 10.8. The molecule has 0 radical (unpaired) electrons. The first-order valence-corrected chi connectivity index (χ1v) is 6.88. The Hall–Kier alpha value is -2.19. The van der Waals surface area contributed by atoms with Crippen LogP contribution < -0.4 is 16.6 Å². The maximum Gasteiger partial charge on any atom is 0.276 e. The molecule has 0 saturated heterocycles. The van der Waals surface area contributed by atoms with E-state index in [1.165, 1.54) is 17.0 Å². The minimum Gasteiger partial charge on any atom is -0.365 e. The van der Waals surface area contributed by atoms with Crippen molar-refractivity contribution < 1.29 is 4.92 Å². The van der Waals surface area contributed by atoms with Crippen LogP contribution >= 0.6 is 11.3 Å². The van der Waals surface area contributed by atoms with Crippen LogP contribution in [0.25, 0.3) is 0 Å². The SMILES string of the molecule is CCc1ccc(CNc2cc([N+](=O)[O-])cc(NN)n2)s1. The van der Waals surface area contributed by atoms with Gasteiger partial charge in [-0.1, -0.05) is 6.92 Å². The zero-order valence-corrected chi connectivity index (χ0v) is 11.7. The van der Waals surface area contributed by atoms with Gasteiger partial charge in [0.15, 0.2) is 0 Å². The molecule has 0 aliphatic carbocycles. The number of aromatic nitrogens is 1. The summed E-state index contributed by atoms with van der Waals surface area (Å²) in [6, 6.07) is 6.78. The number of hydrogen-bond donors (Lipinski definition) is 3. The van der Waals surface area contributed by atoms with Gasteiger partial charge in [0.1, 0.15) is 11.6 Å². The van der Waals surface area contributed by atoms with E-state index in [4.69, 9.17) is 5.84 Å². The van der Waals surface area contributed by atoms with Crippen LogP contribution in [0, 0.1) is 10.1 Å². The lowest BCUT2D eigenvalue weighted by Gasteiger charge is -2.06. The maximum atomic E-state index is 10.8. The summed E-state index contributed by atoms with van der Waals surface area (Å²) >= 11 is 1.71. The van der Waals surface area contributed by atoms with Crippen LogP contribution in [0.4, 0.5) is 17.3 Å². The Morgan fingerprint density at radius 3 is 2.65 bits per heavy atom. The molecule has 2 aromatic rings. The van der Waals surface area contributed by atoms with Crippen molar-refractivity contribution in [1.29, 1.82) is 0 Å². The number of aryl methyl sites for hydroxylation is 1. The minimum absolute atomic E-state index is 0.0594. The second kappa shape index (κ2) is 6.31. The average Bonchev–Trinajstić information content (AvgIpc) is 2.92. The van der Waals surface area contributed by atoms with Crippen molar-refractivity contribution in [2.45, 2.75) is 19.9 Å². The van der Waals surface area contributed by atoms with Crippen molar-refractivity contribution in [2.24, 2.45) is 5.84 Å². The summed E-state index contributed by atoms with van der Waals surface area (Å²) in [5.74, 6) is 5.92. The van der Waals surface area contributed by atoms with Crippen LogP contribution in [0.2, 0.25) is 0 Å². The standard InChI is InChI=1S/C12H15N5O2S/c1-2-9-3-4-10(20-9)7-14-11-5-8(17(18)19)6-12(15-11)16-13/h3-6H,2,7,13H2,1H3,(H2,14,15,16). The third-order valence-electron chi connectivity index (χ3n) is 2.68. The first-order chi connectivity index (χ1) is 9.62. The molecule has 20 heavy (non-hydrogen) atoms. The summed E-state index contributed by atoms with van der Waals surface area (Å²) in [7, 11) is 0. The number of nitrogens with one attached hydrogen (secondary N) is 2. The van der Waals surface area contributed by atoms with Gasteiger partial charge in [-0.2, -0.15) is 0 Å². The smallest absolute Gasteiger partial charge is 0.276 e. The number of nitrogens with zero attached hydrogens (tertiary/aromatic N) is 2. The molecule has 2 heterocycles. The predicted octanol–water partition coefficient (Wildman–Crippen LogP) is 2.51. The highest BCUT2D eigenvalue weighted by Crippen LogP contribution is 2.22. The molecule has 7 nitrogen and oxygen atoms in total. The molecule has 2 aromatic heterocycles. The van der Waals surface area contributed by atoms with Crippen molar-refractivity contribution in [3.8, 4) is 0 Å². The Kier molecular flexibility index (Phi) is 4.49. The van der Waals surface area contributed by atoms with Gasteiger partial charge in [-0.05, 0) is 18.6 Å². The fraction of sp³-hybridized carbons (Fsp3) is 0.250. The van der Waals surface area contributed by atoms with Crippen molar-refractivity contribution in [2.75, 3.05) is 10.7 Å². The largest absolute Gasteiger partial charge is 0.365 e. The second-order valence-electron chi connectivity index (χ2n) is 4.07. The van der Waals surface area contributed by atoms with Gasteiger partial charge in [0.05, 0.1) is 23.6 Å². The van der Waals surface area contributed by atoms with Crippen LogP contribution in [0.15, 0.2) is 24.3 Å². The zero-order valence-electron chi connectivity index (χ0n) is 10.9. The third-order valence-corrected chi connectivity index (χ3v) is 3.91. The van der Waals surface area contributed by atoms with Gasteiger partial charge in [0, 0.05) is 9.75 Å². The minimum atomic E-state index is -0.478. The summed E-state index contributed by atoms with van der Waals surface area (Å²) in [6.45, 7) is 2.67. The van der Waals surface area contributed by atoms with Gasteiger partial charge in [-0.15, -0.1) is 11.3 Å². The normalized spacial score (nSPS) is 10.3. The molecule has 2 rings (SSSR count). The van der Waals surface area contributed by atoms with Gasteiger partial charge in [-0.3, -0.25) is 10.1 Å². The predicted molar refractivity (Wildman–Crippen MR) is 79.7 cm³/mol. The molecule has 0 unspecified atom stereocenters. The molecule has 0 bridgehead atoms. The Labute approximate surface area is 120 Å². The van der Waals surface area contributed by atoms with Crippen molar-refractivity contribution in [3.05, 3.63) is 44.1 Å². The Morgan fingerprint density at radius 1 is 1.35 bits per heavy atom. The topological polar surface area (TPSA) is 106 Å². The number of pyridine rings is 1. The number of anilines is 2. The number of nitro groups is 1. The van der Waals surface area contributed by atoms with Crippen LogP contribution in [-0.4, -0.2) is 9.91 Å². The number of nitrogens with two attached hydrogens (primary N) is 1. The fourth-order valence-electron chi connectivity index (χ4n) is 1.67. The Bertz CT molecular complexity index is 614. The monoisotopic (exact) mass is 293 g/mol. The van der Waals surface area contributed by atoms with E-state index < -0.39 is 4.92 Å². The van der Waals surface area contributed by atoms with E-state index in [1.807, 2.05) is 6.07 Å². The molecule has 0 amide bonds. The van der Waals surface area contributed by atoms with Crippen LogP contribution in [0.3, 0.4) is 0 Å². The fourth-order valence-corrected chi connectivity index (χ4v) is 2.57. The lowest BCUT2D eigenvalue weighted by molar-refractivity contribution is -0.384. The molecule has 0 aromatic carbocycles. The van der Waals surface area contributed by atoms with E-state index in [0.717, 1.165) is 11.3 Å². The highest BCUT2D eigenvalue weighted by molar-refractivity contribution is 7.12. The van der Waals surface area contributed by atoms with Crippen LogP contribution in [0.5, 0.6) is 0 Å². The molecule has 0 aliphatic heterocycles. The molecule has 106 valence electrons. The number of rotatable bonds is 6. The first kappa shape index (κ1) is 14.2. The molecular formula is C12H15N5O2S. The van der Waals surface area contributed by atoms with Crippen molar-refractivity contribution >= 4 is 28.7 Å². The molecule has 0 atom stereocenters.